The first-order chi connectivity index (χ1) is 9.65. The van der Waals surface area contributed by atoms with E-state index >= 15 is 0 Å². The first-order valence-electron chi connectivity index (χ1n) is 7.14. The van der Waals surface area contributed by atoms with Crippen molar-refractivity contribution in [2.75, 3.05) is 20.1 Å². The van der Waals surface area contributed by atoms with Crippen molar-refractivity contribution in [3.05, 3.63) is 30.1 Å². The molecule has 1 aliphatic heterocycles. The average Bonchev–Trinajstić information content (AvgIpc) is 2.79. The lowest BCUT2D eigenvalue weighted by atomic mass is 9.95. The van der Waals surface area contributed by atoms with E-state index in [9.17, 15) is 0 Å². The fourth-order valence-electron chi connectivity index (χ4n) is 2.85. The van der Waals surface area contributed by atoms with Crippen LogP contribution >= 0.6 is 0 Å². The van der Waals surface area contributed by atoms with E-state index in [1.54, 1.807) is 0 Å². The van der Waals surface area contributed by atoms with Crippen LogP contribution in [-0.4, -0.2) is 44.6 Å². The van der Waals surface area contributed by atoms with E-state index in [0.717, 1.165) is 29.5 Å². The van der Waals surface area contributed by atoms with E-state index < -0.39 is 0 Å². The molecule has 20 heavy (non-hydrogen) atoms. The predicted molar refractivity (Wildman–Crippen MR) is 78.4 cm³/mol. The average molecular weight is 271 g/mol. The Balaban J connectivity index is 1.91. The lowest BCUT2D eigenvalue weighted by Crippen LogP contribution is -2.31. The molecule has 0 N–H and O–H groups in total. The van der Waals surface area contributed by atoms with Crippen LogP contribution in [0.15, 0.2) is 18.6 Å². The number of likely N-dealkylation sites (N-methyl/N-ethyl adjacent to an activating group) is 1. The molecule has 3 rings (SSSR count). The summed E-state index contributed by atoms with van der Waals surface area (Å²) in [4.78, 5) is 15.9. The minimum absolute atomic E-state index is 0.496. The summed E-state index contributed by atoms with van der Waals surface area (Å²) in [5.74, 6) is 1.49. The number of imidazole rings is 1. The van der Waals surface area contributed by atoms with Crippen LogP contribution in [0.1, 0.15) is 30.3 Å². The van der Waals surface area contributed by atoms with E-state index in [1.807, 2.05) is 32.6 Å². The maximum absolute atomic E-state index is 4.83. The van der Waals surface area contributed by atoms with Gasteiger partial charge in [0, 0.05) is 25.7 Å². The molecule has 3 heterocycles. The minimum Gasteiger partial charge on any atom is -0.330 e. The summed E-state index contributed by atoms with van der Waals surface area (Å²) in [6.45, 7) is 4.25. The summed E-state index contributed by atoms with van der Waals surface area (Å²) in [7, 11) is 4.19. The maximum atomic E-state index is 4.83. The monoisotopic (exact) mass is 271 g/mol. The Morgan fingerprint density at radius 2 is 2.05 bits per heavy atom. The Morgan fingerprint density at radius 3 is 2.75 bits per heavy atom. The Hall–Kier alpha value is -1.75. The van der Waals surface area contributed by atoms with Crippen molar-refractivity contribution < 1.29 is 0 Å². The zero-order chi connectivity index (χ0) is 14.1. The van der Waals surface area contributed by atoms with Crippen molar-refractivity contribution in [1.29, 1.82) is 0 Å². The number of piperidine rings is 1. The van der Waals surface area contributed by atoms with E-state index in [0.29, 0.717) is 5.92 Å². The number of aryl methyl sites for hydroxylation is 1. The smallest absolute Gasteiger partial charge is 0.107 e. The molecule has 0 spiro atoms. The molecule has 2 aromatic rings. The fourth-order valence-corrected chi connectivity index (χ4v) is 2.85. The molecule has 1 atom stereocenters. The molecule has 1 aliphatic rings. The number of likely N-dealkylation sites (tertiary alicyclic amines) is 1. The summed E-state index contributed by atoms with van der Waals surface area (Å²) in [5.41, 5.74) is 3.05. The standard InChI is InChI=1S/C15H21N5/c1-11-17-9-15(20(11)3)14-8-16-7-13(18-14)12-5-4-6-19(2)10-12/h7-9,12H,4-6,10H2,1-3H3/t12-/m1/s1. The van der Waals surface area contributed by atoms with Gasteiger partial charge in [-0.3, -0.25) is 4.98 Å². The molecule has 0 aliphatic carbocycles. The van der Waals surface area contributed by atoms with Crippen LogP contribution in [0.4, 0.5) is 0 Å². The molecule has 1 saturated heterocycles. The van der Waals surface area contributed by atoms with Gasteiger partial charge in [0.1, 0.15) is 11.5 Å². The third-order valence-corrected chi connectivity index (χ3v) is 4.18. The zero-order valence-electron chi connectivity index (χ0n) is 12.4. The molecule has 0 amide bonds. The van der Waals surface area contributed by atoms with Crippen LogP contribution in [0.5, 0.6) is 0 Å². The summed E-state index contributed by atoms with van der Waals surface area (Å²) in [5, 5.41) is 0. The Kier molecular flexibility index (Phi) is 3.53. The first kappa shape index (κ1) is 13.2. The summed E-state index contributed by atoms with van der Waals surface area (Å²) in [6.07, 6.45) is 8.05. The van der Waals surface area contributed by atoms with E-state index in [1.165, 1.54) is 19.4 Å². The maximum Gasteiger partial charge on any atom is 0.107 e. The van der Waals surface area contributed by atoms with Gasteiger partial charge in [0.15, 0.2) is 0 Å². The molecule has 0 radical (unpaired) electrons. The van der Waals surface area contributed by atoms with Crippen molar-refractivity contribution in [1.82, 2.24) is 24.4 Å². The fraction of sp³-hybridized carbons (Fsp3) is 0.533. The Morgan fingerprint density at radius 1 is 1.20 bits per heavy atom. The van der Waals surface area contributed by atoms with Crippen molar-refractivity contribution in [2.24, 2.45) is 7.05 Å². The molecule has 5 nitrogen and oxygen atoms in total. The lowest BCUT2D eigenvalue weighted by molar-refractivity contribution is 0.248. The third kappa shape index (κ3) is 2.45. The van der Waals surface area contributed by atoms with Crippen molar-refractivity contribution in [2.45, 2.75) is 25.7 Å². The number of hydrogen-bond donors (Lipinski definition) is 0. The topological polar surface area (TPSA) is 46.8 Å². The third-order valence-electron chi connectivity index (χ3n) is 4.18. The molecule has 0 bridgehead atoms. The largest absolute Gasteiger partial charge is 0.330 e. The van der Waals surface area contributed by atoms with Gasteiger partial charge in [0.25, 0.3) is 0 Å². The minimum atomic E-state index is 0.496. The lowest BCUT2D eigenvalue weighted by Gasteiger charge is -2.29. The molecular formula is C15H21N5. The molecule has 0 unspecified atom stereocenters. The zero-order valence-corrected chi connectivity index (χ0v) is 12.4. The van der Waals surface area contributed by atoms with E-state index in [-0.39, 0.29) is 0 Å². The molecule has 1 fully saturated rings. The molecule has 0 aromatic carbocycles. The molecular weight excluding hydrogens is 250 g/mol. The molecule has 106 valence electrons. The van der Waals surface area contributed by atoms with E-state index in [4.69, 9.17) is 4.98 Å². The van der Waals surface area contributed by atoms with Gasteiger partial charge >= 0.3 is 0 Å². The van der Waals surface area contributed by atoms with Gasteiger partial charge in [0.05, 0.1) is 23.8 Å². The molecule has 0 saturated carbocycles. The predicted octanol–water partition coefficient (Wildman–Crippen LogP) is 1.99. The van der Waals surface area contributed by atoms with Crippen molar-refractivity contribution in [3.63, 3.8) is 0 Å². The van der Waals surface area contributed by atoms with Gasteiger partial charge in [-0.15, -0.1) is 0 Å². The van der Waals surface area contributed by atoms with Gasteiger partial charge in [-0.2, -0.15) is 0 Å². The second kappa shape index (κ2) is 5.32. The number of nitrogens with zero attached hydrogens (tertiary/aromatic N) is 5. The van der Waals surface area contributed by atoms with Crippen LogP contribution in [0.25, 0.3) is 11.4 Å². The summed E-state index contributed by atoms with van der Waals surface area (Å²) >= 11 is 0. The normalized spacial score (nSPS) is 20.2. The van der Waals surface area contributed by atoms with Gasteiger partial charge in [-0.1, -0.05) is 0 Å². The van der Waals surface area contributed by atoms with Gasteiger partial charge < -0.3 is 9.47 Å². The quantitative estimate of drug-likeness (QED) is 0.838. The molecule has 5 heteroatoms. The summed E-state index contributed by atoms with van der Waals surface area (Å²) < 4.78 is 2.06. The van der Waals surface area contributed by atoms with Crippen molar-refractivity contribution >= 4 is 0 Å². The second-order valence-corrected chi connectivity index (χ2v) is 5.68. The first-order valence-corrected chi connectivity index (χ1v) is 7.14. The second-order valence-electron chi connectivity index (χ2n) is 5.68. The van der Waals surface area contributed by atoms with Gasteiger partial charge in [-0.05, 0) is 33.4 Å². The highest BCUT2D eigenvalue weighted by Crippen LogP contribution is 2.26. The van der Waals surface area contributed by atoms with Crippen LogP contribution in [0.3, 0.4) is 0 Å². The number of aromatic nitrogens is 4. The summed E-state index contributed by atoms with van der Waals surface area (Å²) in [6, 6.07) is 0. The van der Waals surface area contributed by atoms with Crippen LogP contribution in [-0.2, 0) is 7.05 Å². The Labute approximate surface area is 119 Å². The van der Waals surface area contributed by atoms with E-state index in [2.05, 4.69) is 26.5 Å². The van der Waals surface area contributed by atoms with Crippen LogP contribution < -0.4 is 0 Å². The van der Waals surface area contributed by atoms with Crippen LogP contribution in [0, 0.1) is 6.92 Å². The van der Waals surface area contributed by atoms with Gasteiger partial charge in [-0.25, -0.2) is 9.97 Å². The van der Waals surface area contributed by atoms with Crippen LogP contribution in [0.2, 0.25) is 0 Å². The highest BCUT2D eigenvalue weighted by molar-refractivity contribution is 5.53. The van der Waals surface area contributed by atoms with Crippen molar-refractivity contribution in [3.8, 4) is 11.4 Å². The highest BCUT2D eigenvalue weighted by atomic mass is 15.1. The number of hydrogen-bond acceptors (Lipinski definition) is 4. The molecule has 2 aromatic heterocycles. The number of rotatable bonds is 2. The van der Waals surface area contributed by atoms with Gasteiger partial charge in [0.2, 0.25) is 0 Å². The Bertz CT molecular complexity index is 604. The highest BCUT2D eigenvalue weighted by Gasteiger charge is 2.21. The SMILES string of the molecule is Cc1ncc(-c2cncc([C@@H]3CCCN(C)C3)n2)n1C.